The van der Waals surface area contributed by atoms with E-state index in [2.05, 4.69) is 4.99 Å². The number of likely N-dealkylation sites (N-methyl/N-ethyl adjacent to an activating group) is 1. The first-order chi connectivity index (χ1) is 15.2. The van der Waals surface area contributed by atoms with Gasteiger partial charge in [-0.3, -0.25) is 9.69 Å². The summed E-state index contributed by atoms with van der Waals surface area (Å²) >= 11 is 1.30. The molecule has 3 aromatic rings. The first kappa shape index (κ1) is 21.6. The minimum absolute atomic E-state index is 0.141. The number of carbonyl (C=O) groups is 2. The Hall–Kier alpha value is -3.58. The molecule has 0 radical (unpaired) electrons. The Bertz CT molecular complexity index is 1300. The summed E-state index contributed by atoms with van der Waals surface area (Å²) < 4.78 is 5.93. The van der Waals surface area contributed by atoms with Crippen LogP contribution in [0, 0.1) is 20.8 Å². The quantitative estimate of drug-likeness (QED) is 0.512. The Balaban J connectivity index is 1.59. The lowest BCUT2D eigenvalue weighted by Crippen LogP contribution is -2.23. The average molecular weight is 447 g/mol. The third kappa shape index (κ3) is 4.24. The summed E-state index contributed by atoms with van der Waals surface area (Å²) in [5, 5.41) is 9.75. The van der Waals surface area contributed by atoms with Crippen molar-refractivity contribution in [2.75, 3.05) is 7.05 Å². The standard InChI is InChI=1S/C25H22N2O4S/c1-14-5-7-18(12-15(14)2)26-25-27(4)23(28)22(32-25)13-19-8-10-21(31-19)20-9-6-17(24(29)30)11-16(20)3/h5-13H,1-4H3,(H,29,30)/b22-13-,26-25?. The average Bonchev–Trinajstić information content (AvgIpc) is 3.31. The number of rotatable bonds is 4. The lowest BCUT2D eigenvalue weighted by Gasteiger charge is -2.08. The summed E-state index contributed by atoms with van der Waals surface area (Å²) in [6.45, 7) is 5.92. The number of aryl methyl sites for hydroxylation is 3. The van der Waals surface area contributed by atoms with Crippen molar-refractivity contribution in [1.29, 1.82) is 0 Å². The number of hydrogen-bond donors (Lipinski definition) is 1. The van der Waals surface area contributed by atoms with Crippen molar-refractivity contribution in [3.05, 3.63) is 81.5 Å². The van der Waals surface area contributed by atoms with E-state index >= 15 is 0 Å². The van der Waals surface area contributed by atoms with E-state index < -0.39 is 5.97 Å². The van der Waals surface area contributed by atoms with Gasteiger partial charge in [0.1, 0.15) is 11.5 Å². The normalized spacial score (nSPS) is 16.4. The molecule has 0 spiro atoms. The Morgan fingerprint density at radius 3 is 2.50 bits per heavy atom. The van der Waals surface area contributed by atoms with Gasteiger partial charge in [-0.2, -0.15) is 0 Å². The molecule has 0 saturated carbocycles. The summed E-state index contributed by atoms with van der Waals surface area (Å²) in [7, 11) is 1.71. The molecular formula is C25H22N2O4S. The maximum Gasteiger partial charge on any atom is 0.335 e. The fraction of sp³-hybridized carbons (Fsp3) is 0.160. The molecule has 2 aromatic carbocycles. The number of thioether (sulfide) groups is 1. The van der Waals surface area contributed by atoms with Crippen LogP contribution in [0.25, 0.3) is 17.4 Å². The first-order valence-corrected chi connectivity index (χ1v) is 10.8. The number of benzene rings is 2. The van der Waals surface area contributed by atoms with Crippen LogP contribution in [0.3, 0.4) is 0 Å². The van der Waals surface area contributed by atoms with E-state index in [0.717, 1.165) is 22.4 Å². The van der Waals surface area contributed by atoms with Crippen LogP contribution in [-0.2, 0) is 4.79 Å². The molecule has 1 aliphatic heterocycles. The lowest BCUT2D eigenvalue weighted by atomic mass is 10.0. The Kier molecular flexibility index (Phi) is 5.76. The number of hydrogen-bond acceptors (Lipinski definition) is 5. The van der Waals surface area contributed by atoms with Gasteiger partial charge >= 0.3 is 5.97 Å². The molecule has 0 aliphatic carbocycles. The zero-order chi connectivity index (χ0) is 23.0. The van der Waals surface area contributed by atoms with E-state index in [1.165, 1.54) is 22.2 Å². The molecule has 32 heavy (non-hydrogen) atoms. The smallest absolute Gasteiger partial charge is 0.335 e. The van der Waals surface area contributed by atoms with Crippen molar-refractivity contribution in [2.24, 2.45) is 4.99 Å². The van der Waals surface area contributed by atoms with E-state index in [9.17, 15) is 9.59 Å². The van der Waals surface area contributed by atoms with Crippen molar-refractivity contribution in [3.8, 4) is 11.3 Å². The van der Waals surface area contributed by atoms with Gasteiger partial charge in [0.25, 0.3) is 5.91 Å². The van der Waals surface area contributed by atoms with E-state index in [1.807, 2.05) is 45.0 Å². The van der Waals surface area contributed by atoms with E-state index in [1.54, 1.807) is 37.4 Å². The van der Waals surface area contributed by atoms with Crippen molar-refractivity contribution in [1.82, 2.24) is 4.90 Å². The van der Waals surface area contributed by atoms with Crippen LogP contribution >= 0.6 is 11.8 Å². The number of carboxylic acid groups (broad SMARTS) is 1. The Morgan fingerprint density at radius 2 is 1.81 bits per heavy atom. The van der Waals surface area contributed by atoms with Crippen LogP contribution in [0.1, 0.15) is 32.8 Å². The molecular weight excluding hydrogens is 424 g/mol. The largest absolute Gasteiger partial charge is 0.478 e. The highest BCUT2D eigenvalue weighted by molar-refractivity contribution is 8.18. The molecule has 1 saturated heterocycles. The van der Waals surface area contributed by atoms with Crippen molar-refractivity contribution in [3.63, 3.8) is 0 Å². The van der Waals surface area contributed by atoms with Crippen molar-refractivity contribution < 1.29 is 19.1 Å². The number of carbonyl (C=O) groups excluding carboxylic acids is 1. The predicted molar refractivity (Wildman–Crippen MR) is 127 cm³/mol. The zero-order valence-corrected chi connectivity index (χ0v) is 19.0. The van der Waals surface area contributed by atoms with Gasteiger partial charge in [-0.25, -0.2) is 9.79 Å². The maximum absolute atomic E-state index is 12.7. The van der Waals surface area contributed by atoms with Gasteiger partial charge in [0.15, 0.2) is 5.17 Å². The SMILES string of the molecule is Cc1ccc(N=C2S/C(=C\c3ccc(-c4ccc(C(=O)O)cc4C)o3)C(=O)N2C)cc1C. The minimum atomic E-state index is -0.969. The van der Waals surface area contributed by atoms with Gasteiger partial charge in [-0.15, -0.1) is 0 Å². The van der Waals surface area contributed by atoms with Crippen LogP contribution in [-0.4, -0.2) is 34.1 Å². The van der Waals surface area contributed by atoms with Gasteiger partial charge < -0.3 is 9.52 Å². The maximum atomic E-state index is 12.7. The summed E-state index contributed by atoms with van der Waals surface area (Å²) in [4.78, 5) is 30.6. The highest BCUT2D eigenvalue weighted by Gasteiger charge is 2.30. The van der Waals surface area contributed by atoms with E-state index in [4.69, 9.17) is 9.52 Å². The molecule has 1 aliphatic rings. The van der Waals surface area contributed by atoms with E-state index in [-0.39, 0.29) is 11.5 Å². The number of amides is 1. The molecule has 162 valence electrons. The van der Waals surface area contributed by atoms with Gasteiger partial charge in [-0.1, -0.05) is 12.1 Å². The second-order valence-corrected chi connectivity index (χ2v) is 8.68. The third-order valence-electron chi connectivity index (χ3n) is 5.36. The van der Waals surface area contributed by atoms with Crippen LogP contribution < -0.4 is 0 Å². The minimum Gasteiger partial charge on any atom is -0.478 e. The molecule has 1 fully saturated rings. The van der Waals surface area contributed by atoms with Gasteiger partial charge in [-0.05, 0) is 85.6 Å². The molecule has 1 aromatic heterocycles. The number of carboxylic acids is 1. The molecule has 2 heterocycles. The summed E-state index contributed by atoms with van der Waals surface area (Å²) in [6.07, 6.45) is 1.71. The van der Waals surface area contributed by atoms with Gasteiger partial charge in [0, 0.05) is 18.7 Å². The molecule has 6 nitrogen and oxygen atoms in total. The van der Waals surface area contributed by atoms with E-state index in [0.29, 0.717) is 21.6 Å². The van der Waals surface area contributed by atoms with Gasteiger partial charge in [0.05, 0.1) is 16.2 Å². The second kappa shape index (κ2) is 8.51. The molecule has 1 N–H and O–H groups in total. The highest BCUT2D eigenvalue weighted by Crippen LogP contribution is 2.35. The number of aliphatic imine (C=N–C) groups is 1. The molecule has 0 atom stereocenters. The molecule has 4 rings (SSSR count). The van der Waals surface area contributed by atoms with Crippen molar-refractivity contribution >= 4 is 40.6 Å². The van der Waals surface area contributed by atoms with Gasteiger partial charge in [0.2, 0.25) is 0 Å². The fourth-order valence-electron chi connectivity index (χ4n) is 3.33. The second-order valence-electron chi connectivity index (χ2n) is 7.67. The highest BCUT2D eigenvalue weighted by atomic mass is 32.2. The van der Waals surface area contributed by atoms with Crippen LogP contribution in [0.15, 0.2) is 62.8 Å². The Labute approximate surface area is 190 Å². The lowest BCUT2D eigenvalue weighted by molar-refractivity contribution is -0.121. The predicted octanol–water partition coefficient (Wildman–Crippen LogP) is 5.80. The van der Waals surface area contributed by atoms with Crippen LogP contribution in [0.4, 0.5) is 5.69 Å². The fourth-order valence-corrected chi connectivity index (χ4v) is 4.30. The summed E-state index contributed by atoms with van der Waals surface area (Å²) in [5.41, 5.74) is 4.98. The first-order valence-electron chi connectivity index (χ1n) is 10.0. The molecule has 0 bridgehead atoms. The number of nitrogens with zero attached hydrogens (tertiary/aromatic N) is 2. The Morgan fingerprint density at radius 1 is 1.03 bits per heavy atom. The van der Waals surface area contributed by atoms with Crippen molar-refractivity contribution in [2.45, 2.75) is 20.8 Å². The molecule has 0 unspecified atom stereocenters. The topological polar surface area (TPSA) is 83.1 Å². The summed E-state index contributed by atoms with van der Waals surface area (Å²) in [5.74, 6) is 0.0405. The number of amidine groups is 1. The monoisotopic (exact) mass is 446 g/mol. The molecule has 7 heteroatoms. The number of furan rings is 1. The molecule has 1 amide bonds. The van der Waals surface area contributed by atoms with Crippen LogP contribution in [0.2, 0.25) is 0 Å². The zero-order valence-electron chi connectivity index (χ0n) is 18.2. The number of aromatic carboxylic acids is 1. The van der Waals surface area contributed by atoms with Crippen LogP contribution in [0.5, 0.6) is 0 Å². The third-order valence-corrected chi connectivity index (χ3v) is 6.42. The summed E-state index contributed by atoms with van der Waals surface area (Å²) in [6, 6.07) is 14.4.